The zero-order chi connectivity index (χ0) is 21.1. The quantitative estimate of drug-likeness (QED) is 0.387. The second-order valence-electron chi connectivity index (χ2n) is 7.75. The van der Waals surface area contributed by atoms with E-state index in [0.717, 1.165) is 16.6 Å². The van der Waals surface area contributed by atoms with Crippen molar-refractivity contribution in [2.24, 2.45) is 0 Å². The number of hydrogen-bond donors (Lipinski definition) is 4. The normalized spacial score (nSPS) is 11.4. The summed E-state index contributed by atoms with van der Waals surface area (Å²) in [6, 6.07) is 7.29. The number of fused-ring (bicyclic) bond motifs is 1. The number of aromatic nitrogens is 6. The highest BCUT2D eigenvalue weighted by molar-refractivity contribution is 5.89. The van der Waals surface area contributed by atoms with Gasteiger partial charge in [0.2, 0.25) is 0 Å². The minimum Gasteiger partial charge on any atom is -0.484 e. The summed E-state index contributed by atoms with van der Waals surface area (Å²) in [4.78, 5) is 21.2. The molecule has 0 saturated carbocycles. The zero-order valence-corrected chi connectivity index (χ0v) is 16.9. The molecule has 0 aliphatic carbocycles. The van der Waals surface area contributed by atoms with Crippen LogP contribution in [0.3, 0.4) is 0 Å². The fraction of sp³-hybridized carbons (Fsp3) is 0.250. The van der Waals surface area contributed by atoms with Crippen molar-refractivity contribution in [1.82, 2.24) is 35.7 Å². The summed E-state index contributed by atoms with van der Waals surface area (Å²) < 4.78 is 5.65. The number of benzene rings is 1. The lowest BCUT2D eigenvalue weighted by atomic mass is 10.1. The highest BCUT2D eigenvalue weighted by atomic mass is 16.5. The standard InChI is InChI=1S/C20H22N8O2/c1-20(2,3)27-16(29)11-30-14-6-4-5-12(7-14)17-25-18(24-13-8-21-22-9-13)15-10-23-28-19(15)26-17/h4-10H,11H2,1-3H3,(H,21,22)(H,27,29)(H2,23,24,25,26,28). The molecule has 154 valence electrons. The van der Waals surface area contributed by atoms with Crippen LogP contribution < -0.4 is 15.4 Å². The van der Waals surface area contributed by atoms with Gasteiger partial charge in [-0.2, -0.15) is 10.2 Å². The van der Waals surface area contributed by atoms with E-state index >= 15 is 0 Å². The highest BCUT2D eigenvalue weighted by Crippen LogP contribution is 2.27. The summed E-state index contributed by atoms with van der Waals surface area (Å²) in [5.41, 5.74) is 1.80. The lowest BCUT2D eigenvalue weighted by Crippen LogP contribution is -2.43. The summed E-state index contributed by atoms with van der Waals surface area (Å²) in [6.07, 6.45) is 5.05. The van der Waals surface area contributed by atoms with Gasteiger partial charge in [0.1, 0.15) is 11.6 Å². The van der Waals surface area contributed by atoms with Crippen molar-refractivity contribution < 1.29 is 9.53 Å². The van der Waals surface area contributed by atoms with Crippen LogP contribution in [0.1, 0.15) is 20.8 Å². The number of amides is 1. The lowest BCUT2D eigenvalue weighted by molar-refractivity contribution is -0.124. The molecule has 30 heavy (non-hydrogen) atoms. The maximum absolute atomic E-state index is 12.0. The van der Waals surface area contributed by atoms with Crippen LogP contribution in [0.2, 0.25) is 0 Å². The number of anilines is 2. The van der Waals surface area contributed by atoms with E-state index in [9.17, 15) is 4.79 Å². The third-order valence-electron chi connectivity index (χ3n) is 4.05. The number of rotatable bonds is 6. The van der Waals surface area contributed by atoms with E-state index in [1.165, 1.54) is 0 Å². The maximum atomic E-state index is 12.0. The minimum atomic E-state index is -0.312. The van der Waals surface area contributed by atoms with Crippen LogP contribution in [0.15, 0.2) is 42.9 Å². The first-order chi connectivity index (χ1) is 14.4. The summed E-state index contributed by atoms with van der Waals surface area (Å²) >= 11 is 0. The Bertz CT molecular complexity index is 1160. The van der Waals surface area contributed by atoms with Gasteiger partial charge in [0.05, 0.1) is 23.5 Å². The molecule has 4 N–H and O–H groups in total. The van der Waals surface area contributed by atoms with Gasteiger partial charge in [-0.3, -0.25) is 15.0 Å². The Hall–Kier alpha value is -3.95. The monoisotopic (exact) mass is 406 g/mol. The van der Waals surface area contributed by atoms with Gasteiger partial charge in [-0.25, -0.2) is 9.97 Å². The molecule has 3 aromatic heterocycles. The van der Waals surface area contributed by atoms with Gasteiger partial charge < -0.3 is 15.4 Å². The molecule has 0 aliphatic heterocycles. The molecule has 10 nitrogen and oxygen atoms in total. The average molecular weight is 406 g/mol. The van der Waals surface area contributed by atoms with Crippen molar-refractivity contribution in [3.05, 3.63) is 42.9 Å². The van der Waals surface area contributed by atoms with Crippen molar-refractivity contribution in [2.75, 3.05) is 11.9 Å². The third-order valence-corrected chi connectivity index (χ3v) is 4.05. The highest BCUT2D eigenvalue weighted by Gasteiger charge is 2.15. The molecule has 3 heterocycles. The molecular formula is C20H22N8O2. The first-order valence-electron chi connectivity index (χ1n) is 9.38. The predicted octanol–water partition coefficient (Wildman–Crippen LogP) is 2.78. The van der Waals surface area contributed by atoms with E-state index in [1.54, 1.807) is 30.7 Å². The van der Waals surface area contributed by atoms with E-state index in [-0.39, 0.29) is 18.1 Å². The number of H-pyrrole nitrogens is 2. The van der Waals surface area contributed by atoms with E-state index in [2.05, 4.69) is 41.0 Å². The molecule has 10 heteroatoms. The lowest BCUT2D eigenvalue weighted by Gasteiger charge is -2.20. The molecule has 1 aromatic carbocycles. The first-order valence-corrected chi connectivity index (χ1v) is 9.38. The van der Waals surface area contributed by atoms with Crippen LogP contribution in [-0.2, 0) is 4.79 Å². The van der Waals surface area contributed by atoms with E-state index in [0.29, 0.717) is 23.0 Å². The largest absolute Gasteiger partial charge is 0.484 e. The van der Waals surface area contributed by atoms with Crippen LogP contribution in [0.4, 0.5) is 11.5 Å². The molecule has 0 saturated heterocycles. The number of nitrogens with one attached hydrogen (secondary N) is 4. The average Bonchev–Trinajstić information content (AvgIpc) is 3.37. The van der Waals surface area contributed by atoms with Gasteiger partial charge in [-0.1, -0.05) is 12.1 Å². The molecule has 4 aromatic rings. The number of carbonyl (C=O) groups excluding carboxylic acids is 1. The summed E-state index contributed by atoms with van der Waals surface area (Å²) in [5.74, 6) is 1.45. The van der Waals surface area contributed by atoms with Crippen LogP contribution in [0, 0.1) is 0 Å². The van der Waals surface area contributed by atoms with Gasteiger partial charge in [0, 0.05) is 17.3 Å². The second kappa shape index (κ2) is 7.82. The van der Waals surface area contributed by atoms with Crippen molar-refractivity contribution in [1.29, 1.82) is 0 Å². The zero-order valence-electron chi connectivity index (χ0n) is 16.9. The molecule has 1 amide bonds. The number of hydrogen-bond acceptors (Lipinski definition) is 7. The Balaban J connectivity index is 1.58. The van der Waals surface area contributed by atoms with E-state index < -0.39 is 0 Å². The molecular weight excluding hydrogens is 384 g/mol. The van der Waals surface area contributed by atoms with Crippen molar-refractivity contribution in [3.63, 3.8) is 0 Å². The molecule has 4 rings (SSSR count). The maximum Gasteiger partial charge on any atom is 0.258 e. The van der Waals surface area contributed by atoms with Gasteiger partial charge in [0.25, 0.3) is 5.91 Å². The minimum absolute atomic E-state index is 0.0749. The summed E-state index contributed by atoms with van der Waals surface area (Å²) in [6.45, 7) is 5.69. The number of aromatic amines is 2. The van der Waals surface area contributed by atoms with Gasteiger partial charge in [0.15, 0.2) is 18.1 Å². The topological polar surface area (TPSA) is 134 Å². The summed E-state index contributed by atoms with van der Waals surface area (Å²) in [7, 11) is 0. The number of ether oxygens (including phenoxy) is 1. The molecule has 0 radical (unpaired) electrons. The van der Waals surface area contributed by atoms with Crippen molar-refractivity contribution >= 4 is 28.4 Å². The van der Waals surface area contributed by atoms with E-state index in [1.807, 2.05) is 32.9 Å². The molecule has 0 atom stereocenters. The Morgan fingerprint density at radius 3 is 2.80 bits per heavy atom. The number of nitrogens with zero attached hydrogens (tertiary/aromatic N) is 4. The Morgan fingerprint density at radius 2 is 2.03 bits per heavy atom. The van der Waals surface area contributed by atoms with Crippen LogP contribution in [-0.4, -0.2) is 48.4 Å². The fourth-order valence-corrected chi connectivity index (χ4v) is 2.84. The molecule has 0 fully saturated rings. The van der Waals surface area contributed by atoms with Gasteiger partial charge in [-0.05, 0) is 32.9 Å². The van der Waals surface area contributed by atoms with Crippen LogP contribution in [0.5, 0.6) is 5.75 Å². The van der Waals surface area contributed by atoms with E-state index in [4.69, 9.17) is 4.74 Å². The summed E-state index contributed by atoms with van der Waals surface area (Å²) in [5, 5.41) is 20.5. The molecule has 0 unspecified atom stereocenters. The first kappa shape index (κ1) is 19.4. The Morgan fingerprint density at radius 1 is 1.17 bits per heavy atom. The second-order valence-corrected chi connectivity index (χ2v) is 7.75. The number of carbonyl (C=O) groups is 1. The smallest absolute Gasteiger partial charge is 0.258 e. The Labute approximate surface area is 172 Å². The molecule has 0 bridgehead atoms. The van der Waals surface area contributed by atoms with Gasteiger partial charge in [-0.15, -0.1) is 0 Å². The SMILES string of the molecule is CC(C)(C)NC(=O)COc1cccc(-c2nc(Nc3cn[nH]c3)c3cn[nH]c3n2)c1. The fourth-order valence-electron chi connectivity index (χ4n) is 2.84. The van der Waals surface area contributed by atoms with Gasteiger partial charge >= 0.3 is 0 Å². The third kappa shape index (κ3) is 4.54. The van der Waals surface area contributed by atoms with Crippen LogP contribution in [0.25, 0.3) is 22.4 Å². The van der Waals surface area contributed by atoms with Crippen molar-refractivity contribution in [3.8, 4) is 17.1 Å². The van der Waals surface area contributed by atoms with Crippen LogP contribution >= 0.6 is 0 Å². The molecule has 0 spiro atoms. The Kier molecular flexibility index (Phi) is 5.05. The van der Waals surface area contributed by atoms with Crippen molar-refractivity contribution in [2.45, 2.75) is 26.3 Å². The molecule has 0 aliphatic rings. The predicted molar refractivity (Wildman–Crippen MR) is 112 cm³/mol.